The minimum absolute atomic E-state index is 0.571. The van der Waals surface area contributed by atoms with Crippen LogP contribution in [-0.4, -0.2) is 0 Å². The van der Waals surface area contributed by atoms with E-state index in [9.17, 15) is 0 Å². The van der Waals surface area contributed by atoms with Crippen molar-refractivity contribution in [1.82, 2.24) is 0 Å². The minimum Gasteiger partial charge on any atom is -0.193 e. The van der Waals surface area contributed by atoms with Gasteiger partial charge < -0.3 is 0 Å². The van der Waals surface area contributed by atoms with Crippen LogP contribution in [0.5, 0.6) is 0 Å². The van der Waals surface area contributed by atoms with E-state index in [1.54, 1.807) is 12.2 Å². The van der Waals surface area contributed by atoms with E-state index in [-0.39, 0.29) is 0 Å². The molecule has 1 rings (SSSR count). The molecule has 1 fully saturated rings. The second-order valence-corrected chi connectivity index (χ2v) is 3.65. The van der Waals surface area contributed by atoms with Crippen LogP contribution in [0.15, 0.2) is 24.3 Å². The molecule has 0 unspecified atom stereocenters. The molecule has 0 atom stereocenters. The van der Waals surface area contributed by atoms with Gasteiger partial charge in [0.25, 0.3) is 0 Å². The van der Waals surface area contributed by atoms with Crippen LogP contribution < -0.4 is 0 Å². The van der Waals surface area contributed by atoms with Crippen molar-refractivity contribution in [3.05, 3.63) is 24.3 Å². The van der Waals surface area contributed by atoms with E-state index in [1.807, 2.05) is 24.3 Å². The van der Waals surface area contributed by atoms with Crippen molar-refractivity contribution in [2.45, 2.75) is 25.7 Å². The molecule has 0 spiro atoms. The molecule has 2 heteroatoms. The second-order valence-electron chi connectivity index (χ2n) is 3.65. The fraction of sp³-hybridized carbons (Fsp3) is 0.500. The number of nitrogens with zero attached hydrogens (tertiary/aromatic N) is 2. The van der Waals surface area contributed by atoms with E-state index >= 15 is 0 Å². The molecule has 0 bridgehead atoms. The first-order valence-electron chi connectivity index (χ1n) is 4.99. The Morgan fingerprint density at radius 3 is 1.43 bits per heavy atom. The zero-order valence-electron chi connectivity index (χ0n) is 8.19. The maximum Gasteiger partial charge on any atom is 0.0908 e. The summed E-state index contributed by atoms with van der Waals surface area (Å²) in [5.74, 6) is 1.14. The van der Waals surface area contributed by atoms with Gasteiger partial charge in [-0.3, -0.25) is 0 Å². The predicted molar refractivity (Wildman–Crippen MR) is 55.0 cm³/mol. The Morgan fingerprint density at radius 2 is 1.14 bits per heavy atom. The zero-order chi connectivity index (χ0) is 10.2. The van der Waals surface area contributed by atoms with Gasteiger partial charge in [0.05, 0.1) is 12.1 Å². The average Bonchev–Trinajstić information content (AvgIpc) is 2.25. The van der Waals surface area contributed by atoms with E-state index < -0.39 is 0 Å². The number of nitriles is 2. The van der Waals surface area contributed by atoms with Gasteiger partial charge in [-0.25, -0.2) is 0 Å². The van der Waals surface area contributed by atoms with Crippen LogP contribution in [0.4, 0.5) is 0 Å². The average molecular weight is 186 g/mol. The highest BCUT2D eigenvalue weighted by molar-refractivity contribution is 5.07. The summed E-state index contributed by atoms with van der Waals surface area (Å²) in [5.41, 5.74) is 0. The van der Waals surface area contributed by atoms with Crippen molar-refractivity contribution < 1.29 is 0 Å². The third-order valence-corrected chi connectivity index (χ3v) is 2.70. The Labute approximate surface area is 85.2 Å². The number of rotatable bonds is 2. The summed E-state index contributed by atoms with van der Waals surface area (Å²) in [6.45, 7) is 0. The normalized spacial score (nSPS) is 27.6. The lowest BCUT2D eigenvalue weighted by molar-refractivity contribution is 0.356. The van der Waals surface area contributed by atoms with Crippen LogP contribution in [0.2, 0.25) is 0 Å². The molecule has 1 saturated carbocycles. The van der Waals surface area contributed by atoms with Gasteiger partial charge in [-0.05, 0) is 37.5 Å². The first-order valence-corrected chi connectivity index (χ1v) is 4.99. The van der Waals surface area contributed by atoms with E-state index in [4.69, 9.17) is 10.5 Å². The van der Waals surface area contributed by atoms with Gasteiger partial charge >= 0.3 is 0 Å². The third-order valence-electron chi connectivity index (χ3n) is 2.70. The van der Waals surface area contributed by atoms with Crippen LogP contribution in [0, 0.1) is 34.5 Å². The molecule has 0 aliphatic heterocycles. The summed E-state index contributed by atoms with van der Waals surface area (Å²) in [6.07, 6.45) is 11.7. The fourth-order valence-electron chi connectivity index (χ4n) is 1.89. The molecule has 0 radical (unpaired) electrons. The van der Waals surface area contributed by atoms with E-state index in [0.29, 0.717) is 11.8 Å². The van der Waals surface area contributed by atoms with E-state index in [2.05, 4.69) is 0 Å². The Hall–Kier alpha value is -1.54. The van der Waals surface area contributed by atoms with Crippen LogP contribution in [0.3, 0.4) is 0 Å². The lowest BCUT2D eigenvalue weighted by Crippen LogP contribution is -2.10. The highest BCUT2D eigenvalue weighted by atomic mass is 14.2. The van der Waals surface area contributed by atoms with Crippen LogP contribution in [0.1, 0.15) is 25.7 Å². The van der Waals surface area contributed by atoms with Gasteiger partial charge in [-0.1, -0.05) is 12.2 Å². The molecule has 2 nitrogen and oxygen atoms in total. The standard InChI is InChI=1S/C12H14N2/c13-9-1-3-11-5-7-12(8-6-11)4-2-10-14/h1-4,11-12H,5-8H2/b3-1-,4-2+. The first kappa shape index (κ1) is 10.5. The SMILES string of the molecule is N#C/C=C\C1CCC(/C=C/C#N)CC1. The van der Waals surface area contributed by atoms with Crippen molar-refractivity contribution in [3.63, 3.8) is 0 Å². The molecule has 0 N–H and O–H groups in total. The molecule has 1 aliphatic rings. The van der Waals surface area contributed by atoms with Crippen LogP contribution in [0.25, 0.3) is 0 Å². The largest absolute Gasteiger partial charge is 0.193 e. The summed E-state index contributed by atoms with van der Waals surface area (Å²) in [4.78, 5) is 0. The molecule has 72 valence electrons. The topological polar surface area (TPSA) is 47.6 Å². The molecule has 0 saturated heterocycles. The maximum absolute atomic E-state index is 8.38. The summed E-state index contributed by atoms with van der Waals surface area (Å²) < 4.78 is 0. The van der Waals surface area contributed by atoms with Crippen molar-refractivity contribution >= 4 is 0 Å². The number of hydrogen-bond donors (Lipinski definition) is 0. The summed E-state index contributed by atoms with van der Waals surface area (Å²) in [7, 11) is 0. The van der Waals surface area contributed by atoms with Crippen molar-refractivity contribution in [2.75, 3.05) is 0 Å². The molecule has 14 heavy (non-hydrogen) atoms. The molecule has 0 aromatic rings. The Bertz CT molecular complexity index is 261. The molecule has 0 aromatic heterocycles. The highest BCUT2D eigenvalue weighted by Gasteiger charge is 2.16. The zero-order valence-corrected chi connectivity index (χ0v) is 8.19. The highest BCUT2D eigenvalue weighted by Crippen LogP contribution is 2.30. The molecule has 0 amide bonds. The number of allylic oxidation sites excluding steroid dienone is 4. The summed E-state index contributed by atoms with van der Waals surface area (Å²) in [6, 6.07) is 4.05. The molecule has 0 aromatic carbocycles. The third kappa shape index (κ3) is 3.46. The number of hydrogen-bond acceptors (Lipinski definition) is 2. The summed E-state index contributed by atoms with van der Waals surface area (Å²) >= 11 is 0. The van der Waals surface area contributed by atoms with Gasteiger partial charge in [0.1, 0.15) is 0 Å². The Morgan fingerprint density at radius 1 is 0.786 bits per heavy atom. The molecular weight excluding hydrogens is 172 g/mol. The fourth-order valence-corrected chi connectivity index (χ4v) is 1.89. The van der Waals surface area contributed by atoms with Crippen molar-refractivity contribution in [2.24, 2.45) is 11.8 Å². The van der Waals surface area contributed by atoms with Crippen molar-refractivity contribution in [1.29, 1.82) is 10.5 Å². The molecule has 0 heterocycles. The van der Waals surface area contributed by atoms with Crippen LogP contribution >= 0.6 is 0 Å². The second kappa shape index (κ2) is 6.00. The minimum atomic E-state index is 0.571. The molecular formula is C12H14N2. The van der Waals surface area contributed by atoms with Gasteiger partial charge in [-0.2, -0.15) is 10.5 Å². The van der Waals surface area contributed by atoms with E-state index in [1.165, 1.54) is 0 Å². The Kier molecular flexibility index (Phi) is 4.51. The van der Waals surface area contributed by atoms with Gasteiger partial charge in [0, 0.05) is 12.2 Å². The lowest BCUT2D eigenvalue weighted by atomic mass is 9.82. The quantitative estimate of drug-likeness (QED) is 0.622. The predicted octanol–water partition coefficient (Wildman–Crippen LogP) is 2.95. The van der Waals surface area contributed by atoms with Crippen molar-refractivity contribution in [3.8, 4) is 12.1 Å². The summed E-state index contributed by atoms with van der Waals surface area (Å²) in [5, 5.41) is 16.8. The molecule has 1 aliphatic carbocycles. The monoisotopic (exact) mass is 186 g/mol. The first-order chi connectivity index (χ1) is 6.86. The van der Waals surface area contributed by atoms with Gasteiger partial charge in [0.2, 0.25) is 0 Å². The Balaban J connectivity index is 2.32. The lowest BCUT2D eigenvalue weighted by Gasteiger charge is -2.23. The smallest absolute Gasteiger partial charge is 0.0908 e. The maximum atomic E-state index is 8.38. The van der Waals surface area contributed by atoms with Gasteiger partial charge in [0.15, 0.2) is 0 Å². The van der Waals surface area contributed by atoms with E-state index in [0.717, 1.165) is 25.7 Å². The van der Waals surface area contributed by atoms with Gasteiger partial charge in [-0.15, -0.1) is 0 Å². The van der Waals surface area contributed by atoms with Crippen LogP contribution in [-0.2, 0) is 0 Å².